The van der Waals surface area contributed by atoms with Crippen LogP contribution in [0.4, 0.5) is 0 Å². The maximum absolute atomic E-state index is 2.49. The highest BCUT2D eigenvalue weighted by atomic mass is 31.2. The normalized spacial score (nSPS) is 11.5. The van der Waals surface area contributed by atoms with E-state index in [9.17, 15) is 0 Å². The van der Waals surface area contributed by atoms with Crippen LogP contribution in [0.3, 0.4) is 0 Å². The molecule has 0 amide bonds. The smallest absolute Gasteiger partial charge is 0.0622 e. The summed E-state index contributed by atoms with van der Waals surface area (Å²) in [6, 6.07) is 44.1. The van der Waals surface area contributed by atoms with Gasteiger partial charge in [-0.3, -0.25) is 0 Å². The summed E-state index contributed by atoms with van der Waals surface area (Å²) in [5.41, 5.74) is 3.09. The molecule has 27 heavy (non-hydrogen) atoms. The van der Waals surface area contributed by atoms with Crippen molar-refractivity contribution in [1.29, 1.82) is 0 Å². The summed E-state index contributed by atoms with van der Waals surface area (Å²) in [6.07, 6.45) is 0. The largest absolute Gasteiger partial charge is 0.128 e. The molecule has 0 aliphatic carbocycles. The van der Waals surface area contributed by atoms with Crippen molar-refractivity contribution in [2.45, 2.75) is 5.66 Å². The summed E-state index contributed by atoms with van der Waals surface area (Å²) in [7, 11) is -1.73. The van der Waals surface area contributed by atoms with Gasteiger partial charge in [0.05, 0.1) is 24.5 Å². The van der Waals surface area contributed by atoms with E-state index in [0.717, 1.165) is 0 Å². The maximum atomic E-state index is 2.49. The molecule has 0 atom stereocenters. The molecule has 4 rings (SSSR count). The first-order valence-corrected chi connectivity index (χ1v) is 11.7. The van der Waals surface area contributed by atoms with Gasteiger partial charge in [-0.25, -0.2) is 0 Å². The molecule has 4 aromatic rings. The third kappa shape index (κ3) is 3.46. The van der Waals surface area contributed by atoms with Crippen LogP contribution < -0.4 is 10.6 Å². The molecule has 4 aromatic carbocycles. The van der Waals surface area contributed by atoms with Crippen LogP contribution in [-0.2, 0) is 0 Å². The quantitative estimate of drug-likeness (QED) is 0.375. The monoisotopic (exact) mass is 367 g/mol. The fourth-order valence-corrected chi connectivity index (χ4v) is 8.00. The van der Waals surface area contributed by atoms with E-state index in [2.05, 4.69) is 128 Å². The molecule has 0 aromatic heterocycles. The van der Waals surface area contributed by atoms with Gasteiger partial charge in [-0.15, -0.1) is 0 Å². The Labute approximate surface area is 162 Å². The van der Waals surface area contributed by atoms with Crippen LogP contribution in [0.1, 0.15) is 16.8 Å². The summed E-state index contributed by atoms with van der Waals surface area (Å²) in [5, 5.41) is 2.88. The van der Waals surface area contributed by atoms with E-state index >= 15 is 0 Å². The van der Waals surface area contributed by atoms with Gasteiger partial charge in [0.2, 0.25) is 0 Å². The zero-order valence-electron chi connectivity index (χ0n) is 15.6. The number of benzene rings is 4. The van der Waals surface area contributed by atoms with E-state index in [1.807, 2.05) is 0 Å². The van der Waals surface area contributed by atoms with Crippen LogP contribution in [-0.4, -0.2) is 6.66 Å². The van der Waals surface area contributed by atoms with Crippen molar-refractivity contribution in [2.75, 3.05) is 6.66 Å². The fraction of sp³-hybridized carbons (Fsp3) is 0.0769. The van der Waals surface area contributed by atoms with Crippen molar-refractivity contribution in [3.05, 3.63) is 132 Å². The average Bonchev–Trinajstić information content (AvgIpc) is 2.76. The van der Waals surface area contributed by atoms with Gasteiger partial charge in [0.1, 0.15) is 5.66 Å². The highest BCUT2D eigenvalue weighted by molar-refractivity contribution is 7.89. The summed E-state index contributed by atoms with van der Waals surface area (Å²) in [4.78, 5) is 0. The molecule has 0 radical (unpaired) electrons. The Morgan fingerprint density at radius 2 is 0.741 bits per heavy atom. The standard InChI is InChI=1S/C26H24P/c1-27(24-18-10-4-11-19-24,25-20-12-5-13-21-25)26(22-14-6-2-7-15-22)23-16-8-3-9-17-23/h2-21,26H,1H3/q+1. The van der Waals surface area contributed by atoms with E-state index in [4.69, 9.17) is 0 Å². The second kappa shape index (κ2) is 7.91. The molecular formula is C26H24P+. The molecule has 1 heteroatoms. The van der Waals surface area contributed by atoms with Crippen molar-refractivity contribution >= 4 is 17.9 Å². The lowest BCUT2D eigenvalue weighted by molar-refractivity contribution is 1.13. The molecule has 0 aliphatic rings. The van der Waals surface area contributed by atoms with Gasteiger partial charge in [0.15, 0.2) is 0 Å². The topological polar surface area (TPSA) is 0 Å². The van der Waals surface area contributed by atoms with E-state index in [0.29, 0.717) is 5.66 Å². The van der Waals surface area contributed by atoms with Gasteiger partial charge >= 0.3 is 0 Å². The molecule has 0 saturated heterocycles. The van der Waals surface area contributed by atoms with E-state index < -0.39 is 7.26 Å². The van der Waals surface area contributed by atoms with Gasteiger partial charge in [-0.1, -0.05) is 97.1 Å². The van der Waals surface area contributed by atoms with Gasteiger partial charge in [-0.2, -0.15) is 0 Å². The predicted octanol–water partition coefficient (Wildman–Crippen LogP) is 6.07. The molecule has 0 bridgehead atoms. The van der Waals surface area contributed by atoms with Crippen molar-refractivity contribution < 1.29 is 0 Å². The minimum atomic E-state index is -1.73. The Balaban J connectivity index is 2.01. The van der Waals surface area contributed by atoms with Crippen LogP contribution in [0, 0.1) is 0 Å². The average molecular weight is 367 g/mol. The SMILES string of the molecule is C[P+](c1ccccc1)(c1ccccc1)C(c1ccccc1)c1ccccc1. The molecule has 0 fully saturated rings. The predicted molar refractivity (Wildman–Crippen MR) is 120 cm³/mol. The molecule has 0 saturated carbocycles. The molecule has 132 valence electrons. The minimum absolute atomic E-state index is 0.324. The Kier molecular flexibility index (Phi) is 5.19. The van der Waals surface area contributed by atoms with Crippen LogP contribution in [0.25, 0.3) is 0 Å². The molecule has 0 heterocycles. The highest BCUT2D eigenvalue weighted by Gasteiger charge is 2.47. The summed E-state index contributed by atoms with van der Waals surface area (Å²) < 4.78 is 0. The van der Waals surface area contributed by atoms with Crippen LogP contribution in [0.15, 0.2) is 121 Å². The zero-order valence-corrected chi connectivity index (χ0v) is 16.5. The van der Waals surface area contributed by atoms with Crippen molar-refractivity contribution in [2.24, 2.45) is 0 Å². The highest BCUT2D eigenvalue weighted by Crippen LogP contribution is 2.67. The van der Waals surface area contributed by atoms with Gasteiger partial charge in [0.25, 0.3) is 0 Å². The van der Waals surface area contributed by atoms with E-state index in [-0.39, 0.29) is 0 Å². The number of hydrogen-bond donors (Lipinski definition) is 0. The summed E-state index contributed by atoms with van der Waals surface area (Å²) in [6.45, 7) is 2.49. The molecule has 0 nitrogen and oxygen atoms in total. The van der Waals surface area contributed by atoms with Gasteiger partial charge in [0, 0.05) is 0 Å². The lowest BCUT2D eigenvalue weighted by atomic mass is 10.0. The Morgan fingerprint density at radius 3 is 1.07 bits per heavy atom. The molecule has 0 unspecified atom stereocenters. The summed E-state index contributed by atoms with van der Waals surface area (Å²) >= 11 is 0. The lowest BCUT2D eigenvalue weighted by Gasteiger charge is -2.32. The summed E-state index contributed by atoms with van der Waals surface area (Å²) in [5.74, 6) is 0. The first-order chi connectivity index (χ1) is 13.3. The van der Waals surface area contributed by atoms with Gasteiger partial charge in [-0.05, 0) is 35.4 Å². The minimum Gasteiger partial charge on any atom is -0.0622 e. The molecule has 0 aliphatic heterocycles. The Hall–Kier alpha value is -2.69. The number of hydrogen-bond acceptors (Lipinski definition) is 0. The number of rotatable bonds is 5. The Morgan fingerprint density at radius 1 is 0.444 bits per heavy atom. The third-order valence-electron chi connectivity index (χ3n) is 5.33. The third-order valence-corrected chi connectivity index (χ3v) is 9.70. The maximum Gasteiger partial charge on any atom is 0.128 e. The first kappa shape index (κ1) is 17.7. The molecule has 0 N–H and O–H groups in total. The zero-order chi connectivity index (χ0) is 18.5. The van der Waals surface area contributed by atoms with Crippen LogP contribution >= 0.6 is 7.26 Å². The second-order valence-electron chi connectivity index (χ2n) is 6.97. The van der Waals surface area contributed by atoms with Crippen LogP contribution in [0.2, 0.25) is 0 Å². The lowest BCUT2D eigenvalue weighted by Crippen LogP contribution is -2.27. The van der Waals surface area contributed by atoms with Crippen LogP contribution in [0.5, 0.6) is 0 Å². The first-order valence-electron chi connectivity index (χ1n) is 9.37. The van der Waals surface area contributed by atoms with Crippen molar-refractivity contribution in [1.82, 2.24) is 0 Å². The van der Waals surface area contributed by atoms with Gasteiger partial charge < -0.3 is 0 Å². The fourth-order valence-electron chi connectivity index (χ4n) is 3.98. The molecular weight excluding hydrogens is 343 g/mol. The Bertz CT molecular complexity index is 885. The van der Waals surface area contributed by atoms with Crippen molar-refractivity contribution in [3.63, 3.8) is 0 Å². The second-order valence-corrected chi connectivity index (χ2v) is 10.7. The van der Waals surface area contributed by atoms with E-state index in [1.165, 1.54) is 21.7 Å². The van der Waals surface area contributed by atoms with Crippen molar-refractivity contribution in [3.8, 4) is 0 Å². The molecule has 0 spiro atoms. The van der Waals surface area contributed by atoms with E-state index in [1.54, 1.807) is 0 Å².